The van der Waals surface area contributed by atoms with Crippen molar-refractivity contribution in [3.8, 4) is 0 Å². The monoisotopic (exact) mass is 104 g/mol. The molecule has 0 aliphatic rings. The van der Waals surface area contributed by atoms with Crippen LogP contribution in [0.3, 0.4) is 0 Å². The average Bonchev–Trinajstić information content (AvgIpc) is 0.918. The van der Waals surface area contributed by atoms with Crippen molar-refractivity contribution in [2.45, 2.75) is 0 Å². The molecule has 0 spiro atoms. The molecule has 0 bridgehead atoms. The molecule has 1 N–H and O–H groups in total. The molecular formula is HLiO3Ti. The molecule has 0 rings (SSSR count). The van der Waals surface area contributed by atoms with E-state index in [1.165, 1.54) is 0 Å². The summed E-state index contributed by atoms with van der Waals surface area (Å²) in [6, 6.07) is 0. The van der Waals surface area contributed by atoms with Crippen LogP contribution < -0.4 is 18.9 Å². The third-order valence-electron chi connectivity index (χ3n) is 0. The Hall–Kier alpha value is 0.872. The molecular weight excluding hydrogens is 103 g/mol. The van der Waals surface area contributed by atoms with E-state index in [-0.39, 0.29) is 24.3 Å². The van der Waals surface area contributed by atoms with Crippen LogP contribution in [0.2, 0.25) is 0 Å². The summed E-state index contributed by atoms with van der Waals surface area (Å²) in [5.41, 5.74) is 0. The molecule has 24 valence electrons. The van der Waals surface area contributed by atoms with Gasteiger partial charge in [-0.05, 0) is 0 Å². The Morgan fingerprint density at radius 3 is 1.20 bits per heavy atom. The van der Waals surface area contributed by atoms with Crippen LogP contribution in [0, 0.1) is 0 Å². The average molecular weight is 104 g/mol. The number of hydrogen-bond acceptors (Lipinski definition) is 3. The molecule has 0 aliphatic carbocycles. The Morgan fingerprint density at radius 2 is 1.20 bits per heavy atom. The van der Waals surface area contributed by atoms with Crippen LogP contribution in [-0.4, -0.2) is 5.48 Å². The van der Waals surface area contributed by atoms with Crippen molar-refractivity contribution >= 4 is 0 Å². The minimum atomic E-state index is -2.00. The summed E-state index contributed by atoms with van der Waals surface area (Å²) < 4.78 is 17.0. The summed E-state index contributed by atoms with van der Waals surface area (Å²) in [5.74, 6) is 0. The van der Waals surface area contributed by atoms with Crippen LogP contribution in [0.4, 0.5) is 0 Å². The third-order valence-corrected chi connectivity index (χ3v) is 0. The van der Waals surface area contributed by atoms with Crippen LogP contribution in [0.5, 0.6) is 0 Å². The molecule has 5 heteroatoms. The van der Waals surface area contributed by atoms with E-state index >= 15 is 0 Å². The predicted octanol–water partition coefficient (Wildman–Crippen LogP) is -3.41. The quantitative estimate of drug-likeness (QED) is 0.300. The predicted molar refractivity (Wildman–Crippen MR) is 3.31 cm³/mol. The van der Waals surface area contributed by atoms with Crippen LogP contribution >= 0.6 is 0 Å². The Kier molecular flexibility index (Phi) is 70.5. The molecule has 0 fully saturated rings. The van der Waals surface area contributed by atoms with Crippen LogP contribution in [-0.2, 0) is 25.7 Å². The van der Waals surface area contributed by atoms with Crippen molar-refractivity contribution in [1.82, 2.24) is 0 Å². The molecule has 0 aromatic heterocycles. The Balaban J connectivity index is -0.0000000200. The van der Waals surface area contributed by atoms with Gasteiger partial charge in [-0.15, -0.1) is 0 Å². The van der Waals surface area contributed by atoms with Crippen molar-refractivity contribution < 1.29 is 50.1 Å². The normalized spacial score (nSPS) is 1.60. The zero-order valence-electron chi connectivity index (χ0n) is 2.76. The van der Waals surface area contributed by atoms with Crippen LogP contribution in [0.25, 0.3) is 0 Å². The molecule has 0 aromatic carbocycles. The molecule has 0 amide bonds. The molecule has 0 atom stereocenters. The van der Waals surface area contributed by atoms with Gasteiger partial charge in [-0.1, -0.05) is 0 Å². The van der Waals surface area contributed by atoms with Gasteiger partial charge in [0.1, 0.15) is 0 Å². The molecule has 0 aliphatic heterocycles. The molecule has 0 saturated carbocycles. The van der Waals surface area contributed by atoms with E-state index in [1.807, 2.05) is 0 Å². The van der Waals surface area contributed by atoms with Gasteiger partial charge in [-0.3, -0.25) is 0 Å². The second-order valence-electron chi connectivity index (χ2n) is 0.0833. The van der Waals surface area contributed by atoms with Gasteiger partial charge in [0.15, 0.2) is 0 Å². The van der Waals surface area contributed by atoms with Gasteiger partial charge in [-0.2, -0.15) is 0 Å². The molecule has 3 nitrogen and oxygen atoms in total. The first-order chi connectivity index (χ1) is 1.41. The first kappa shape index (κ1) is 16.9. The number of rotatable bonds is 0. The van der Waals surface area contributed by atoms with Crippen molar-refractivity contribution in [3.05, 3.63) is 0 Å². The summed E-state index contributed by atoms with van der Waals surface area (Å²) in [6.07, 6.45) is 0. The molecule has 0 saturated heterocycles. The van der Waals surface area contributed by atoms with Crippen LogP contribution in [0.15, 0.2) is 0 Å². The zero-order valence-corrected chi connectivity index (χ0v) is 4.33. The van der Waals surface area contributed by atoms with Gasteiger partial charge in [-0.25, -0.2) is 0 Å². The van der Waals surface area contributed by atoms with E-state index in [1.54, 1.807) is 0 Å². The van der Waals surface area contributed by atoms with Gasteiger partial charge in [0, 0.05) is 0 Å². The summed E-state index contributed by atoms with van der Waals surface area (Å²) >= 11 is -2.00. The van der Waals surface area contributed by atoms with Gasteiger partial charge < -0.3 is 5.48 Å². The minimum absolute atomic E-state index is 0. The van der Waals surface area contributed by atoms with Gasteiger partial charge >= 0.3 is 44.6 Å². The first-order valence-corrected chi connectivity index (χ1v) is 1.68. The van der Waals surface area contributed by atoms with Gasteiger partial charge in [0.05, 0.1) is 0 Å². The third kappa shape index (κ3) is 52.9. The van der Waals surface area contributed by atoms with E-state index in [0.29, 0.717) is 0 Å². The van der Waals surface area contributed by atoms with E-state index < -0.39 is 19.1 Å². The molecule has 5 heavy (non-hydrogen) atoms. The molecule has 0 radical (unpaired) electrons. The van der Waals surface area contributed by atoms with Gasteiger partial charge in [0.2, 0.25) is 0 Å². The SMILES string of the molecule is [Li+].[OH-].[O]=[Ti]=[O]. The Morgan fingerprint density at radius 1 is 1.20 bits per heavy atom. The number of hydrogen-bond donors (Lipinski definition) is 0. The fourth-order valence-electron chi connectivity index (χ4n) is 0. The second kappa shape index (κ2) is 20.8. The first-order valence-electron chi connectivity index (χ1n) is 0.408. The molecule has 0 heterocycles. The molecule has 0 aromatic rings. The summed E-state index contributed by atoms with van der Waals surface area (Å²) in [5, 5.41) is 0. The summed E-state index contributed by atoms with van der Waals surface area (Å²) in [6.45, 7) is 0. The fraction of sp³-hybridized carbons (Fsp3) is 0. The maximum absolute atomic E-state index is 8.50. The topological polar surface area (TPSA) is 64.1 Å². The van der Waals surface area contributed by atoms with Crippen molar-refractivity contribution in [3.63, 3.8) is 0 Å². The maximum atomic E-state index is 8.50. The van der Waals surface area contributed by atoms with Crippen molar-refractivity contribution in [2.24, 2.45) is 0 Å². The summed E-state index contributed by atoms with van der Waals surface area (Å²) in [4.78, 5) is 0. The standard InChI is InChI=1S/Li.H2O.2O.Ti/h;1H2;;;/q+1;;;;/p-1. The zero-order chi connectivity index (χ0) is 2.71. The van der Waals surface area contributed by atoms with E-state index in [2.05, 4.69) is 0 Å². The summed E-state index contributed by atoms with van der Waals surface area (Å²) in [7, 11) is 0. The second-order valence-corrected chi connectivity index (χ2v) is 0.344. The Labute approximate surface area is 50.2 Å². The Bertz CT molecular complexity index is 27.9. The van der Waals surface area contributed by atoms with Crippen molar-refractivity contribution in [2.75, 3.05) is 0 Å². The van der Waals surface area contributed by atoms with Crippen molar-refractivity contribution in [1.29, 1.82) is 0 Å². The van der Waals surface area contributed by atoms with E-state index in [4.69, 9.17) is 6.65 Å². The van der Waals surface area contributed by atoms with Crippen LogP contribution in [0.1, 0.15) is 0 Å². The molecule has 0 unspecified atom stereocenters. The van der Waals surface area contributed by atoms with E-state index in [0.717, 1.165) is 0 Å². The fourth-order valence-corrected chi connectivity index (χ4v) is 0. The van der Waals surface area contributed by atoms with Gasteiger partial charge in [0.25, 0.3) is 0 Å². The van der Waals surface area contributed by atoms with E-state index in [9.17, 15) is 0 Å².